The molecule has 0 saturated heterocycles. The highest BCUT2D eigenvalue weighted by molar-refractivity contribution is 7.89. The van der Waals surface area contributed by atoms with Gasteiger partial charge in [0.25, 0.3) is 0 Å². The van der Waals surface area contributed by atoms with Crippen molar-refractivity contribution in [3.63, 3.8) is 0 Å². The second kappa shape index (κ2) is 7.68. The summed E-state index contributed by atoms with van der Waals surface area (Å²) >= 11 is 0. The fourth-order valence-electron chi connectivity index (χ4n) is 3.76. The topological polar surface area (TPSA) is 95.1 Å². The van der Waals surface area contributed by atoms with Crippen LogP contribution in [0.25, 0.3) is 22.2 Å². The van der Waals surface area contributed by atoms with Crippen molar-refractivity contribution in [1.29, 1.82) is 0 Å². The number of halogens is 3. The zero-order valence-electron chi connectivity index (χ0n) is 15.8. The maximum Gasteiger partial charge on any atom is 0.431 e. The highest BCUT2D eigenvalue weighted by Gasteiger charge is 2.33. The van der Waals surface area contributed by atoms with Crippen LogP contribution in [0.2, 0.25) is 0 Å². The number of sulfonamides is 1. The van der Waals surface area contributed by atoms with Crippen LogP contribution in [0.3, 0.4) is 0 Å². The summed E-state index contributed by atoms with van der Waals surface area (Å²) in [5.74, 6) is 0. The van der Waals surface area contributed by atoms with Crippen LogP contribution in [0.15, 0.2) is 47.5 Å². The van der Waals surface area contributed by atoms with E-state index in [9.17, 15) is 26.7 Å². The molecule has 0 spiro atoms. The predicted octanol–water partition coefficient (Wildman–Crippen LogP) is 3.83. The van der Waals surface area contributed by atoms with Gasteiger partial charge >= 0.3 is 6.18 Å². The Labute approximate surface area is 171 Å². The first kappa shape index (κ1) is 20.8. The molecule has 2 unspecified atom stereocenters. The van der Waals surface area contributed by atoms with Gasteiger partial charge < -0.3 is 10.1 Å². The van der Waals surface area contributed by atoms with Crippen LogP contribution in [-0.4, -0.2) is 35.6 Å². The summed E-state index contributed by atoms with van der Waals surface area (Å²) in [6, 6.07) is 7.93. The SMILES string of the molecule is O=S(=O)(NC1CCCCC1O)c1ccc(-c2ccnc3[nH]c(C(F)(F)F)cc23)cc1. The Morgan fingerprint density at radius 2 is 1.80 bits per heavy atom. The van der Waals surface area contributed by atoms with Gasteiger partial charge in [-0.05, 0) is 48.2 Å². The molecule has 1 aliphatic carbocycles. The number of aliphatic hydroxyl groups excluding tert-OH is 1. The van der Waals surface area contributed by atoms with Crippen LogP contribution >= 0.6 is 0 Å². The third-order valence-corrected chi connectivity index (χ3v) is 6.85. The lowest BCUT2D eigenvalue weighted by Gasteiger charge is -2.28. The smallest absolute Gasteiger partial charge is 0.391 e. The fraction of sp³-hybridized carbons (Fsp3) is 0.350. The molecule has 2 heterocycles. The number of hydrogen-bond donors (Lipinski definition) is 3. The van der Waals surface area contributed by atoms with Crippen LogP contribution in [-0.2, 0) is 16.2 Å². The van der Waals surface area contributed by atoms with E-state index in [1.54, 1.807) is 18.2 Å². The van der Waals surface area contributed by atoms with Gasteiger partial charge in [-0.2, -0.15) is 13.2 Å². The zero-order valence-corrected chi connectivity index (χ0v) is 16.6. The van der Waals surface area contributed by atoms with E-state index in [-0.39, 0.29) is 10.5 Å². The van der Waals surface area contributed by atoms with Crippen LogP contribution in [0.1, 0.15) is 31.4 Å². The molecule has 2 atom stereocenters. The molecule has 1 aliphatic rings. The van der Waals surface area contributed by atoms with Gasteiger partial charge in [0.15, 0.2) is 0 Å². The largest absolute Gasteiger partial charge is 0.431 e. The molecule has 10 heteroatoms. The third-order valence-electron chi connectivity index (χ3n) is 5.35. The first-order chi connectivity index (χ1) is 14.1. The number of aromatic amines is 1. The molecule has 0 aliphatic heterocycles. The number of H-pyrrole nitrogens is 1. The van der Waals surface area contributed by atoms with Crippen molar-refractivity contribution >= 4 is 21.1 Å². The summed E-state index contributed by atoms with van der Waals surface area (Å²) in [5, 5.41) is 10.3. The molecule has 1 aromatic carbocycles. The summed E-state index contributed by atoms with van der Waals surface area (Å²) in [6.07, 6.45) is -1.00. The summed E-state index contributed by atoms with van der Waals surface area (Å²) in [7, 11) is -3.83. The van der Waals surface area contributed by atoms with E-state index in [0.29, 0.717) is 29.4 Å². The third kappa shape index (κ3) is 4.07. The highest BCUT2D eigenvalue weighted by atomic mass is 32.2. The first-order valence-electron chi connectivity index (χ1n) is 9.51. The van der Waals surface area contributed by atoms with E-state index in [4.69, 9.17) is 0 Å². The molecule has 0 amide bonds. The molecule has 3 N–H and O–H groups in total. The number of rotatable bonds is 4. The Kier molecular flexibility index (Phi) is 5.33. The fourth-order valence-corrected chi connectivity index (χ4v) is 5.07. The summed E-state index contributed by atoms with van der Waals surface area (Å²) in [5.41, 5.74) is 0.273. The van der Waals surface area contributed by atoms with Crippen molar-refractivity contribution in [3.05, 3.63) is 48.3 Å². The number of nitrogens with one attached hydrogen (secondary N) is 2. The van der Waals surface area contributed by atoms with E-state index in [1.807, 2.05) is 0 Å². The lowest BCUT2D eigenvalue weighted by atomic mass is 9.93. The van der Waals surface area contributed by atoms with Gasteiger partial charge in [0.1, 0.15) is 11.3 Å². The molecule has 1 saturated carbocycles. The Morgan fingerprint density at radius 1 is 1.10 bits per heavy atom. The van der Waals surface area contributed by atoms with E-state index in [0.717, 1.165) is 18.9 Å². The Hall–Kier alpha value is -2.43. The van der Waals surface area contributed by atoms with E-state index >= 15 is 0 Å². The first-order valence-corrected chi connectivity index (χ1v) is 11.0. The van der Waals surface area contributed by atoms with Crippen LogP contribution in [0.4, 0.5) is 13.2 Å². The van der Waals surface area contributed by atoms with Gasteiger partial charge in [-0.15, -0.1) is 0 Å². The van der Waals surface area contributed by atoms with Crippen molar-refractivity contribution < 1.29 is 26.7 Å². The normalized spacial score (nSPS) is 20.5. The van der Waals surface area contributed by atoms with E-state index in [2.05, 4.69) is 14.7 Å². The molecule has 3 aromatic rings. The van der Waals surface area contributed by atoms with Gasteiger partial charge in [0, 0.05) is 17.6 Å². The van der Waals surface area contributed by atoms with Crippen LogP contribution in [0, 0.1) is 0 Å². The number of hydrogen-bond acceptors (Lipinski definition) is 4. The number of fused-ring (bicyclic) bond motifs is 1. The number of aliphatic hydroxyl groups is 1. The molecule has 160 valence electrons. The number of benzene rings is 1. The van der Waals surface area contributed by atoms with Gasteiger partial charge in [-0.25, -0.2) is 18.1 Å². The summed E-state index contributed by atoms with van der Waals surface area (Å²) in [4.78, 5) is 6.24. The predicted molar refractivity (Wildman–Crippen MR) is 105 cm³/mol. The molecule has 6 nitrogen and oxygen atoms in total. The maximum atomic E-state index is 13.0. The lowest BCUT2D eigenvalue weighted by Crippen LogP contribution is -2.44. The monoisotopic (exact) mass is 439 g/mol. The second-order valence-corrected chi connectivity index (χ2v) is 9.12. The van der Waals surface area contributed by atoms with Crippen molar-refractivity contribution in [2.24, 2.45) is 0 Å². The Balaban J connectivity index is 1.63. The average molecular weight is 439 g/mol. The van der Waals surface area contributed by atoms with Gasteiger partial charge in [0.05, 0.1) is 11.0 Å². The number of pyridine rings is 1. The molecule has 2 aromatic heterocycles. The molecular formula is C20H20F3N3O3S. The summed E-state index contributed by atoms with van der Waals surface area (Å²) < 4.78 is 66.9. The van der Waals surface area contributed by atoms with Gasteiger partial charge in [0.2, 0.25) is 10.0 Å². The zero-order chi connectivity index (χ0) is 21.5. The molecule has 0 radical (unpaired) electrons. The van der Waals surface area contributed by atoms with Gasteiger partial charge in [-0.1, -0.05) is 25.0 Å². The average Bonchev–Trinajstić information content (AvgIpc) is 3.15. The van der Waals surface area contributed by atoms with Crippen molar-refractivity contribution in [2.75, 3.05) is 0 Å². The van der Waals surface area contributed by atoms with Crippen molar-refractivity contribution in [3.8, 4) is 11.1 Å². The van der Waals surface area contributed by atoms with E-state index in [1.165, 1.54) is 18.3 Å². The second-order valence-electron chi connectivity index (χ2n) is 7.41. The highest BCUT2D eigenvalue weighted by Crippen LogP contribution is 2.34. The summed E-state index contributed by atoms with van der Waals surface area (Å²) in [6.45, 7) is 0. The van der Waals surface area contributed by atoms with E-state index < -0.39 is 34.0 Å². The molecule has 1 fully saturated rings. The standard InChI is InChI=1S/C20H20F3N3O3S/c21-20(22,23)18-11-15-14(9-10-24-19(15)25-18)12-5-7-13(8-6-12)30(28,29)26-16-3-1-2-4-17(16)27/h5-11,16-17,26-27H,1-4H2,(H,24,25). The Bertz CT molecular complexity index is 1160. The minimum atomic E-state index is -4.52. The Morgan fingerprint density at radius 3 is 2.47 bits per heavy atom. The number of aromatic nitrogens is 2. The molecule has 4 rings (SSSR count). The molecule has 0 bridgehead atoms. The van der Waals surface area contributed by atoms with Crippen molar-refractivity contribution in [1.82, 2.24) is 14.7 Å². The lowest BCUT2D eigenvalue weighted by molar-refractivity contribution is -0.140. The maximum absolute atomic E-state index is 13.0. The van der Waals surface area contributed by atoms with Gasteiger partial charge in [-0.3, -0.25) is 0 Å². The molecular weight excluding hydrogens is 419 g/mol. The minimum Gasteiger partial charge on any atom is -0.391 e. The number of alkyl halides is 3. The van der Waals surface area contributed by atoms with Crippen molar-refractivity contribution in [2.45, 2.75) is 48.9 Å². The van der Waals surface area contributed by atoms with Crippen LogP contribution < -0.4 is 4.72 Å². The molecule has 30 heavy (non-hydrogen) atoms. The van der Waals surface area contributed by atoms with Crippen LogP contribution in [0.5, 0.6) is 0 Å². The number of nitrogens with zero attached hydrogens (tertiary/aromatic N) is 1. The quantitative estimate of drug-likeness (QED) is 0.576. The minimum absolute atomic E-state index is 0.0272.